The van der Waals surface area contributed by atoms with Crippen LogP contribution in [0.1, 0.15) is 17.4 Å². The molecule has 0 aliphatic carbocycles. The lowest BCUT2D eigenvalue weighted by Crippen LogP contribution is -2.36. The van der Waals surface area contributed by atoms with Gasteiger partial charge in [0.25, 0.3) is 5.91 Å². The zero-order chi connectivity index (χ0) is 16.2. The minimum absolute atomic E-state index is 0.0202. The monoisotopic (exact) mass is 308 g/mol. The lowest BCUT2D eigenvalue weighted by atomic mass is 10.2. The van der Waals surface area contributed by atoms with E-state index >= 15 is 0 Å². The van der Waals surface area contributed by atoms with Gasteiger partial charge in [-0.1, -0.05) is 30.3 Å². The molecular formula is C18H20N4O. The summed E-state index contributed by atoms with van der Waals surface area (Å²) in [6, 6.07) is 13.9. The van der Waals surface area contributed by atoms with E-state index in [1.807, 2.05) is 71.8 Å². The first kappa shape index (κ1) is 15.1. The molecule has 2 heterocycles. The van der Waals surface area contributed by atoms with Gasteiger partial charge < -0.3 is 14.5 Å². The Kier molecular flexibility index (Phi) is 4.28. The first-order chi connectivity index (χ1) is 11.1. The van der Waals surface area contributed by atoms with Gasteiger partial charge in [0.05, 0.1) is 6.33 Å². The maximum absolute atomic E-state index is 12.5. The van der Waals surface area contributed by atoms with Crippen LogP contribution in [-0.2, 0) is 13.6 Å². The van der Waals surface area contributed by atoms with Gasteiger partial charge in [-0.15, -0.1) is 0 Å². The Bertz CT molecular complexity index is 775. The third kappa shape index (κ3) is 3.34. The van der Waals surface area contributed by atoms with Crippen LogP contribution >= 0.6 is 0 Å². The number of aromatic nitrogens is 3. The molecule has 0 spiro atoms. The van der Waals surface area contributed by atoms with E-state index in [9.17, 15) is 4.79 Å². The number of hydrogen-bond donors (Lipinski definition) is 1. The van der Waals surface area contributed by atoms with E-state index in [0.717, 1.165) is 11.3 Å². The summed E-state index contributed by atoms with van der Waals surface area (Å²) in [6.45, 7) is 2.68. The number of nitrogens with one attached hydrogen (secondary N) is 1. The zero-order valence-corrected chi connectivity index (χ0v) is 13.3. The van der Waals surface area contributed by atoms with E-state index < -0.39 is 0 Å². The minimum Gasteiger partial charge on any atom is -0.347 e. The van der Waals surface area contributed by atoms with E-state index in [4.69, 9.17) is 0 Å². The van der Waals surface area contributed by atoms with Gasteiger partial charge in [0.1, 0.15) is 5.69 Å². The van der Waals surface area contributed by atoms with Crippen molar-refractivity contribution in [2.75, 3.05) is 0 Å². The third-order valence-electron chi connectivity index (χ3n) is 3.85. The first-order valence-corrected chi connectivity index (χ1v) is 7.63. The molecule has 0 fully saturated rings. The fourth-order valence-electron chi connectivity index (χ4n) is 2.69. The Morgan fingerprint density at radius 3 is 2.70 bits per heavy atom. The van der Waals surface area contributed by atoms with Crippen molar-refractivity contribution in [1.82, 2.24) is 19.4 Å². The van der Waals surface area contributed by atoms with Crippen molar-refractivity contribution < 1.29 is 4.79 Å². The number of imidazole rings is 1. The Labute approximate surface area is 135 Å². The van der Waals surface area contributed by atoms with E-state index in [-0.39, 0.29) is 11.9 Å². The van der Waals surface area contributed by atoms with Crippen molar-refractivity contribution in [3.05, 3.63) is 66.9 Å². The molecule has 0 radical (unpaired) electrons. The topological polar surface area (TPSA) is 51.9 Å². The summed E-state index contributed by atoms with van der Waals surface area (Å²) in [6.07, 6.45) is 5.37. The molecule has 23 heavy (non-hydrogen) atoms. The number of rotatable bonds is 5. The molecule has 1 N–H and O–H groups in total. The highest BCUT2D eigenvalue weighted by atomic mass is 16.2. The lowest BCUT2D eigenvalue weighted by Gasteiger charge is -2.15. The molecule has 0 bridgehead atoms. The van der Waals surface area contributed by atoms with Crippen LogP contribution < -0.4 is 5.32 Å². The molecule has 5 nitrogen and oxygen atoms in total. The molecule has 2 aromatic heterocycles. The molecule has 3 rings (SSSR count). The second-order valence-electron chi connectivity index (χ2n) is 5.66. The summed E-state index contributed by atoms with van der Waals surface area (Å²) in [4.78, 5) is 16.5. The maximum atomic E-state index is 12.5. The fraction of sp³-hybridized carbons (Fsp3) is 0.222. The lowest BCUT2D eigenvalue weighted by molar-refractivity contribution is 0.0928. The van der Waals surface area contributed by atoms with Crippen LogP contribution in [0.3, 0.4) is 0 Å². The average molecular weight is 308 g/mol. The summed E-state index contributed by atoms with van der Waals surface area (Å²) in [5.41, 5.74) is 2.78. The normalized spacial score (nSPS) is 12.1. The van der Waals surface area contributed by atoms with Crippen molar-refractivity contribution in [3.63, 3.8) is 0 Å². The molecule has 118 valence electrons. The van der Waals surface area contributed by atoms with Crippen LogP contribution in [0.15, 0.2) is 61.2 Å². The number of carbonyl (C=O) groups excluding carboxylic acids is 1. The minimum atomic E-state index is -0.0673. The summed E-state index contributed by atoms with van der Waals surface area (Å²) < 4.78 is 3.87. The smallest absolute Gasteiger partial charge is 0.268 e. The first-order valence-electron chi connectivity index (χ1n) is 7.63. The molecule has 0 saturated carbocycles. The van der Waals surface area contributed by atoms with Crippen LogP contribution in [0.25, 0.3) is 11.3 Å². The highest BCUT2D eigenvalue weighted by Crippen LogP contribution is 2.21. The predicted molar refractivity (Wildman–Crippen MR) is 90.0 cm³/mol. The van der Waals surface area contributed by atoms with Crippen molar-refractivity contribution in [3.8, 4) is 11.3 Å². The summed E-state index contributed by atoms with van der Waals surface area (Å²) >= 11 is 0. The van der Waals surface area contributed by atoms with Gasteiger partial charge in [0, 0.05) is 37.7 Å². The van der Waals surface area contributed by atoms with Crippen LogP contribution in [0.2, 0.25) is 0 Å². The van der Waals surface area contributed by atoms with Gasteiger partial charge in [0.2, 0.25) is 0 Å². The molecular weight excluding hydrogens is 288 g/mol. The van der Waals surface area contributed by atoms with Crippen molar-refractivity contribution in [2.45, 2.75) is 19.5 Å². The molecule has 5 heteroatoms. The number of benzene rings is 1. The van der Waals surface area contributed by atoms with Crippen molar-refractivity contribution in [2.24, 2.45) is 7.05 Å². The van der Waals surface area contributed by atoms with E-state index in [2.05, 4.69) is 10.3 Å². The largest absolute Gasteiger partial charge is 0.347 e. The van der Waals surface area contributed by atoms with Gasteiger partial charge in [-0.05, 0) is 24.6 Å². The number of carbonyl (C=O) groups is 1. The molecule has 0 unspecified atom stereocenters. The van der Waals surface area contributed by atoms with Gasteiger partial charge in [-0.3, -0.25) is 4.79 Å². The fourth-order valence-corrected chi connectivity index (χ4v) is 2.69. The van der Waals surface area contributed by atoms with Crippen LogP contribution in [0, 0.1) is 0 Å². The van der Waals surface area contributed by atoms with Crippen LogP contribution in [0.5, 0.6) is 0 Å². The van der Waals surface area contributed by atoms with Crippen molar-refractivity contribution in [1.29, 1.82) is 0 Å². The van der Waals surface area contributed by atoms with Gasteiger partial charge in [-0.25, -0.2) is 4.98 Å². The predicted octanol–water partition coefficient (Wildman–Crippen LogP) is 2.71. The number of amides is 1. The zero-order valence-electron chi connectivity index (χ0n) is 13.3. The Morgan fingerprint density at radius 1 is 1.22 bits per heavy atom. The van der Waals surface area contributed by atoms with Crippen LogP contribution in [0.4, 0.5) is 0 Å². The highest BCUT2D eigenvalue weighted by molar-refractivity contribution is 5.94. The molecule has 0 saturated heterocycles. The SMILES string of the molecule is C[C@H](Cn1ccnc1)NC(=O)c1ccc(-c2ccccc2)n1C. The molecule has 3 aromatic rings. The molecule has 0 aliphatic heterocycles. The molecule has 1 aromatic carbocycles. The van der Waals surface area contributed by atoms with Crippen LogP contribution in [-0.4, -0.2) is 26.1 Å². The molecule has 1 amide bonds. The van der Waals surface area contributed by atoms with E-state index in [1.165, 1.54) is 0 Å². The number of nitrogens with zero attached hydrogens (tertiary/aromatic N) is 3. The highest BCUT2D eigenvalue weighted by Gasteiger charge is 2.15. The van der Waals surface area contributed by atoms with Crippen molar-refractivity contribution >= 4 is 5.91 Å². The van der Waals surface area contributed by atoms with Gasteiger partial charge in [0.15, 0.2) is 0 Å². The Balaban J connectivity index is 1.72. The standard InChI is InChI=1S/C18H20N4O/c1-14(12-22-11-10-19-13-22)20-18(23)17-9-8-16(21(17)2)15-6-4-3-5-7-15/h3-11,13-14H,12H2,1-2H3,(H,20,23)/t14-/m1/s1. The molecule has 1 atom stereocenters. The molecule has 0 aliphatic rings. The Morgan fingerprint density at radius 2 is 2.00 bits per heavy atom. The summed E-state index contributed by atoms with van der Waals surface area (Å²) in [7, 11) is 1.91. The van der Waals surface area contributed by atoms with Gasteiger partial charge >= 0.3 is 0 Å². The third-order valence-corrected chi connectivity index (χ3v) is 3.85. The quantitative estimate of drug-likeness (QED) is 0.788. The van der Waals surface area contributed by atoms with E-state index in [0.29, 0.717) is 12.2 Å². The maximum Gasteiger partial charge on any atom is 0.268 e. The number of hydrogen-bond acceptors (Lipinski definition) is 2. The summed E-state index contributed by atoms with van der Waals surface area (Å²) in [5, 5.41) is 3.03. The second-order valence-corrected chi connectivity index (χ2v) is 5.66. The summed E-state index contributed by atoms with van der Waals surface area (Å²) in [5.74, 6) is -0.0673. The van der Waals surface area contributed by atoms with Gasteiger partial charge in [-0.2, -0.15) is 0 Å². The Hall–Kier alpha value is -2.82. The van der Waals surface area contributed by atoms with E-state index in [1.54, 1.807) is 12.5 Å². The second kappa shape index (κ2) is 6.52. The average Bonchev–Trinajstić information content (AvgIpc) is 3.17.